The molecule has 1 rings (SSSR count). The molecule has 1 aromatic carbocycles. The van der Waals surface area contributed by atoms with Gasteiger partial charge >= 0.3 is 6.03 Å². The van der Waals surface area contributed by atoms with E-state index in [1.165, 1.54) is 0 Å². The van der Waals surface area contributed by atoms with Crippen LogP contribution in [-0.2, 0) is 0 Å². The summed E-state index contributed by atoms with van der Waals surface area (Å²) in [7, 11) is 0. The molecular formula is C14H21ClN2O2. The van der Waals surface area contributed by atoms with Crippen LogP contribution < -0.4 is 15.4 Å². The van der Waals surface area contributed by atoms with Gasteiger partial charge in [0.1, 0.15) is 5.75 Å². The Morgan fingerprint density at radius 3 is 2.47 bits per heavy atom. The molecule has 0 aliphatic heterocycles. The summed E-state index contributed by atoms with van der Waals surface area (Å²) in [5, 5.41) is 5.38. The topological polar surface area (TPSA) is 50.4 Å². The van der Waals surface area contributed by atoms with Gasteiger partial charge in [0, 0.05) is 19.0 Å². The fourth-order valence-corrected chi connectivity index (χ4v) is 1.79. The lowest BCUT2D eigenvalue weighted by molar-refractivity contribution is 0.239. The van der Waals surface area contributed by atoms with Gasteiger partial charge in [0.15, 0.2) is 0 Å². The molecule has 4 nitrogen and oxygen atoms in total. The number of para-hydroxylation sites is 1. The number of alkyl halides is 1. The standard InChI is InChI=1S/C14H21ClN2O2/c1-11-5-3-6-12(2)13(11)19-10-4-8-16-14(18)17-9-7-15/h3,5-6H,4,7-10H2,1-2H3,(H2,16,17,18). The molecule has 5 heteroatoms. The van der Waals surface area contributed by atoms with Crippen LogP contribution in [0, 0.1) is 13.8 Å². The van der Waals surface area contributed by atoms with Crippen molar-refractivity contribution in [3.63, 3.8) is 0 Å². The van der Waals surface area contributed by atoms with E-state index in [1.54, 1.807) is 0 Å². The summed E-state index contributed by atoms with van der Waals surface area (Å²) in [5.41, 5.74) is 2.26. The van der Waals surface area contributed by atoms with Crippen LogP contribution >= 0.6 is 11.6 Å². The smallest absolute Gasteiger partial charge is 0.314 e. The van der Waals surface area contributed by atoms with Gasteiger partial charge in [0.25, 0.3) is 0 Å². The maximum Gasteiger partial charge on any atom is 0.314 e. The zero-order valence-electron chi connectivity index (χ0n) is 11.5. The number of carbonyl (C=O) groups excluding carboxylic acids is 1. The van der Waals surface area contributed by atoms with Crippen LogP contribution in [0.5, 0.6) is 5.75 Å². The summed E-state index contributed by atoms with van der Waals surface area (Å²) in [5.74, 6) is 1.36. The number of nitrogens with one attached hydrogen (secondary N) is 2. The van der Waals surface area contributed by atoms with Gasteiger partial charge in [-0.3, -0.25) is 0 Å². The van der Waals surface area contributed by atoms with E-state index in [9.17, 15) is 4.79 Å². The predicted molar refractivity (Wildman–Crippen MR) is 78.1 cm³/mol. The Morgan fingerprint density at radius 1 is 1.21 bits per heavy atom. The van der Waals surface area contributed by atoms with Crippen molar-refractivity contribution < 1.29 is 9.53 Å². The first-order valence-corrected chi connectivity index (χ1v) is 6.95. The second kappa shape index (κ2) is 8.64. The molecule has 0 spiro atoms. The van der Waals surface area contributed by atoms with E-state index >= 15 is 0 Å². The van der Waals surface area contributed by atoms with Crippen LogP contribution in [0.1, 0.15) is 17.5 Å². The minimum Gasteiger partial charge on any atom is -0.493 e. The maximum atomic E-state index is 11.2. The van der Waals surface area contributed by atoms with Gasteiger partial charge in [0.05, 0.1) is 6.61 Å². The third kappa shape index (κ3) is 5.83. The third-order valence-corrected chi connectivity index (χ3v) is 2.83. The fourth-order valence-electron chi connectivity index (χ4n) is 1.70. The quantitative estimate of drug-likeness (QED) is 0.597. The molecule has 0 radical (unpaired) electrons. The highest BCUT2D eigenvalue weighted by Gasteiger charge is 2.03. The Hall–Kier alpha value is -1.42. The summed E-state index contributed by atoms with van der Waals surface area (Å²) in [6.07, 6.45) is 0.766. The lowest BCUT2D eigenvalue weighted by Gasteiger charge is -2.12. The second-order valence-electron chi connectivity index (χ2n) is 4.29. The monoisotopic (exact) mass is 284 g/mol. The van der Waals surface area contributed by atoms with E-state index in [0.717, 1.165) is 23.3 Å². The minimum absolute atomic E-state index is 0.187. The molecule has 0 bridgehead atoms. The zero-order valence-corrected chi connectivity index (χ0v) is 12.2. The van der Waals surface area contributed by atoms with Crippen molar-refractivity contribution in [1.82, 2.24) is 10.6 Å². The largest absolute Gasteiger partial charge is 0.493 e. The normalized spacial score (nSPS) is 10.1. The van der Waals surface area contributed by atoms with Crippen molar-refractivity contribution in [1.29, 1.82) is 0 Å². The highest BCUT2D eigenvalue weighted by molar-refractivity contribution is 6.18. The van der Waals surface area contributed by atoms with E-state index < -0.39 is 0 Å². The molecule has 2 N–H and O–H groups in total. The van der Waals surface area contributed by atoms with E-state index in [-0.39, 0.29) is 6.03 Å². The number of aryl methyl sites for hydroxylation is 2. The number of halogens is 1. The maximum absolute atomic E-state index is 11.2. The Kier molecular flexibility index (Phi) is 7.11. The molecule has 0 aromatic heterocycles. The molecule has 0 unspecified atom stereocenters. The van der Waals surface area contributed by atoms with Crippen molar-refractivity contribution in [3.05, 3.63) is 29.3 Å². The van der Waals surface area contributed by atoms with Gasteiger partial charge in [-0.05, 0) is 31.4 Å². The summed E-state index contributed by atoms with van der Waals surface area (Å²) >= 11 is 5.46. The molecule has 0 saturated carbocycles. The molecule has 19 heavy (non-hydrogen) atoms. The Balaban J connectivity index is 2.19. The van der Waals surface area contributed by atoms with Crippen molar-refractivity contribution >= 4 is 17.6 Å². The number of ether oxygens (including phenoxy) is 1. The number of urea groups is 1. The van der Waals surface area contributed by atoms with E-state index in [1.807, 2.05) is 32.0 Å². The van der Waals surface area contributed by atoms with E-state index in [2.05, 4.69) is 10.6 Å². The first kappa shape index (κ1) is 15.6. The molecule has 0 atom stereocenters. The van der Waals surface area contributed by atoms with Crippen LogP contribution in [0.15, 0.2) is 18.2 Å². The first-order chi connectivity index (χ1) is 9.15. The van der Waals surface area contributed by atoms with Gasteiger partial charge in [0.2, 0.25) is 0 Å². The highest BCUT2D eigenvalue weighted by atomic mass is 35.5. The lowest BCUT2D eigenvalue weighted by atomic mass is 10.1. The molecule has 2 amide bonds. The number of benzene rings is 1. The second-order valence-corrected chi connectivity index (χ2v) is 4.67. The first-order valence-electron chi connectivity index (χ1n) is 6.42. The van der Waals surface area contributed by atoms with E-state index in [0.29, 0.717) is 25.6 Å². The van der Waals surface area contributed by atoms with E-state index in [4.69, 9.17) is 16.3 Å². The number of carbonyl (C=O) groups is 1. The summed E-state index contributed by atoms with van der Waals surface area (Å²) in [4.78, 5) is 11.2. The van der Waals surface area contributed by atoms with Crippen molar-refractivity contribution in [2.75, 3.05) is 25.6 Å². The highest BCUT2D eigenvalue weighted by Crippen LogP contribution is 2.22. The predicted octanol–water partition coefficient (Wildman–Crippen LogP) is 2.61. The molecule has 0 fully saturated rings. The summed E-state index contributed by atoms with van der Waals surface area (Å²) in [6.45, 7) is 5.70. The van der Waals surface area contributed by atoms with Crippen molar-refractivity contribution in [2.45, 2.75) is 20.3 Å². The Labute approximate surface area is 119 Å². The van der Waals surface area contributed by atoms with Crippen molar-refractivity contribution in [3.8, 4) is 5.75 Å². The molecule has 0 heterocycles. The molecule has 0 aliphatic rings. The van der Waals surface area contributed by atoms with Crippen molar-refractivity contribution in [2.24, 2.45) is 0 Å². The van der Waals surface area contributed by atoms with Crippen LogP contribution in [0.3, 0.4) is 0 Å². The SMILES string of the molecule is Cc1cccc(C)c1OCCCNC(=O)NCCCl. The Bertz CT molecular complexity index is 390. The average molecular weight is 285 g/mol. The van der Waals surface area contributed by atoms with Crippen LogP contribution in [0.2, 0.25) is 0 Å². The molecule has 0 aliphatic carbocycles. The zero-order chi connectivity index (χ0) is 14.1. The van der Waals surface area contributed by atoms with Gasteiger partial charge in [-0.15, -0.1) is 11.6 Å². The van der Waals surface area contributed by atoms with Crippen LogP contribution in [0.25, 0.3) is 0 Å². The Morgan fingerprint density at radius 2 is 1.84 bits per heavy atom. The molecule has 106 valence electrons. The third-order valence-electron chi connectivity index (χ3n) is 2.64. The number of rotatable bonds is 7. The van der Waals surface area contributed by atoms with Gasteiger partial charge < -0.3 is 15.4 Å². The van der Waals surface area contributed by atoms with Gasteiger partial charge in [-0.25, -0.2) is 4.79 Å². The number of amides is 2. The summed E-state index contributed by atoms with van der Waals surface area (Å²) < 4.78 is 5.74. The lowest BCUT2D eigenvalue weighted by Crippen LogP contribution is -2.37. The minimum atomic E-state index is -0.187. The molecule has 1 aromatic rings. The van der Waals surface area contributed by atoms with Gasteiger partial charge in [-0.1, -0.05) is 18.2 Å². The number of hydrogen-bond acceptors (Lipinski definition) is 2. The molecule has 0 saturated heterocycles. The summed E-state index contributed by atoms with van der Waals surface area (Å²) in [6, 6.07) is 5.88. The molecular weight excluding hydrogens is 264 g/mol. The average Bonchev–Trinajstić information content (AvgIpc) is 2.39. The van der Waals surface area contributed by atoms with Gasteiger partial charge in [-0.2, -0.15) is 0 Å². The number of hydrogen-bond donors (Lipinski definition) is 2. The van der Waals surface area contributed by atoms with Crippen LogP contribution in [0.4, 0.5) is 4.79 Å². The fraction of sp³-hybridized carbons (Fsp3) is 0.500. The van der Waals surface area contributed by atoms with Crippen LogP contribution in [-0.4, -0.2) is 31.6 Å².